The Labute approximate surface area is 133 Å². The highest BCUT2D eigenvalue weighted by Crippen LogP contribution is 2.29. The Morgan fingerprint density at radius 2 is 1.64 bits per heavy atom. The molecule has 0 aromatic heterocycles. The van der Waals surface area contributed by atoms with Crippen LogP contribution in [0.3, 0.4) is 0 Å². The van der Waals surface area contributed by atoms with Crippen molar-refractivity contribution in [2.45, 2.75) is 39.8 Å². The molecule has 0 spiro atoms. The van der Waals surface area contributed by atoms with Crippen LogP contribution in [0.2, 0.25) is 0 Å². The maximum Gasteiger partial charge on any atom is 0.161 e. The van der Waals surface area contributed by atoms with E-state index in [9.17, 15) is 0 Å². The van der Waals surface area contributed by atoms with Gasteiger partial charge in [-0.1, -0.05) is 25.1 Å². The van der Waals surface area contributed by atoms with Crippen molar-refractivity contribution in [1.29, 1.82) is 0 Å². The first-order chi connectivity index (χ1) is 10.6. The number of aryl methyl sites for hydroxylation is 1. The summed E-state index contributed by atoms with van der Waals surface area (Å²) in [5.41, 5.74) is 3.63. The summed E-state index contributed by atoms with van der Waals surface area (Å²) in [6, 6.07) is 14.6. The molecule has 2 rings (SSSR count). The molecule has 0 atom stereocenters. The van der Waals surface area contributed by atoms with Gasteiger partial charge in [-0.25, -0.2) is 0 Å². The lowest BCUT2D eigenvalue weighted by Gasteiger charge is -2.15. The van der Waals surface area contributed by atoms with E-state index in [1.807, 2.05) is 26.0 Å². The third-order valence-corrected chi connectivity index (χ3v) is 3.45. The molecule has 1 N–H and O–H groups in total. The molecule has 0 amide bonds. The highest BCUT2D eigenvalue weighted by atomic mass is 16.5. The second-order valence-corrected chi connectivity index (χ2v) is 5.56. The summed E-state index contributed by atoms with van der Waals surface area (Å²) in [5.74, 6) is 1.56. The molecule has 0 fully saturated rings. The van der Waals surface area contributed by atoms with Crippen LogP contribution in [0.1, 0.15) is 31.9 Å². The van der Waals surface area contributed by atoms with Crippen LogP contribution in [0, 0.1) is 0 Å². The van der Waals surface area contributed by atoms with E-state index >= 15 is 0 Å². The van der Waals surface area contributed by atoms with Crippen LogP contribution >= 0.6 is 0 Å². The van der Waals surface area contributed by atoms with E-state index in [1.165, 1.54) is 5.56 Å². The van der Waals surface area contributed by atoms with Crippen molar-refractivity contribution in [2.24, 2.45) is 0 Å². The van der Waals surface area contributed by atoms with Crippen molar-refractivity contribution in [3.05, 3.63) is 53.6 Å². The zero-order valence-corrected chi connectivity index (χ0v) is 13.8. The zero-order valence-electron chi connectivity index (χ0n) is 13.8. The number of ether oxygens (including phenoxy) is 2. The summed E-state index contributed by atoms with van der Waals surface area (Å²) in [6.07, 6.45) is 1.20. The number of methoxy groups -OCH3 is 1. The lowest BCUT2D eigenvalue weighted by molar-refractivity contribution is 0.230. The maximum atomic E-state index is 5.73. The van der Waals surface area contributed by atoms with E-state index < -0.39 is 0 Å². The lowest BCUT2D eigenvalue weighted by Crippen LogP contribution is -2.07. The van der Waals surface area contributed by atoms with Crippen LogP contribution in [0.25, 0.3) is 0 Å². The number of rotatable bonds is 7. The lowest BCUT2D eigenvalue weighted by atomic mass is 10.1. The SMILES string of the molecule is CCc1ccc(NCc2ccc(OC(C)C)c(OC)c2)cc1. The molecule has 0 unspecified atom stereocenters. The van der Waals surface area contributed by atoms with Gasteiger partial charge in [0.25, 0.3) is 0 Å². The van der Waals surface area contributed by atoms with Crippen molar-refractivity contribution in [1.82, 2.24) is 0 Å². The van der Waals surface area contributed by atoms with E-state index in [4.69, 9.17) is 9.47 Å². The molecule has 0 radical (unpaired) electrons. The van der Waals surface area contributed by atoms with Gasteiger partial charge in [0, 0.05) is 12.2 Å². The van der Waals surface area contributed by atoms with Gasteiger partial charge < -0.3 is 14.8 Å². The van der Waals surface area contributed by atoms with E-state index in [0.717, 1.165) is 35.7 Å². The fourth-order valence-corrected chi connectivity index (χ4v) is 2.24. The third kappa shape index (κ3) is 4.42. The molecule has 118 valence electrons. The van der Waals surface area contributed by atoms with Gasteiger partial charge in [0.1, 0.15) is 0 Å². The van der Waals surface area contributed by atoms with E-state index in [0.29, 0.717) is 0 Å². The third-order valence-electron chi connectivity index (χ3n) is 3.45. The van der Waals surface area contributed by atoms with Crippen molar-refractivity contribution < 1.29 is 9.47 Å². The Kier molecular flexibility index (Phi) is 5.70. The molecule has 0 saturated heterocycles. The van der Waals surface area contributed by atoms with Gasteiger partial charge in [0.05, 0.1) is 13.2 Å². The molecule has 3 heteroatoms. The second kappa shape index (κ2) is 7.74. The summed E-state index contributed by atoms with van der Waals surface area (Å²) >= 11 is 0. The van der Waals surface area contributed by atoms with Crippen molar-refractivity contribution in [3.8, 4) is 11.5 Å². The van der Waals surface area contributed by atoms with Crippen LogP contribution in [-0.2, 0) is 13.0 Å². The first kappa shape index (κ1) is 16.2. The van der Waals surface area contributed by atoms with Crippen LogP contribution in [0.5, 0.6) is 11.5 Å². The highest BCUT2D eigenvalue weighted by molar-refractivity contribution is 5.47. The largest absolute Gasteiger partial charge is 0.493 e. The number of anilines is 1. The molecule has 0 aliphatic heterocycles. The number of hydrogen-bond donors (Lipinski definition) is 1. The van der Waals surface area contributed by atoms with Gasteiger partial charge in [-0.3, -0.25) is 0 Å². The van der Waals surface area contributed by atoms with Gasteiger partial charge in [0.15, 0.2) is 11.5 Å². The standard InChI is InChI=1S/C19H25NO2/c1-5-15-6-9-17(10-7-15)20-13-16-8-11-18(22-14(2)3)19(12-16)21-4/h6-12,14,20H,5,13H2,1-4H3. The molecule has 0 bridgehead atoms. The van der Waals surface area contributed by atoms with Crippen LogP contribution < -0.4 is 14.8 Å². The summed E-state index contributed by atoms with van der Waals surface area (Å²) in [7, 11) is 1.67. The quantitative estimate of drug-likeness (QED) is 0.806. The summed E-state index contributed by atoms with van der Waals surface area (Å²) in [5, 5.41) is 3.43. The molecular formula is C19H25NO2. The zero-order chi connectivity index (χ0) is 15.9. The summed E-state index contributed by atoms with van der Waals surface area (Å²) in [6.45, 7) is 6.93. The smallest absolute Gasteiger partial charge is 0.161 e. The Morgan fingerprint density at radius 3 is 2.23 bits per heavy atom. The second-order valence-electron chi connectivity index (χ2n) is 5.56. The first-order valence-corrected chi connectivity index (χ1v) is 7.78. The molecule has 0 heterocycles. The average molecular weight is 299 g/mol. The minimum atomic E-state index is 0.134. The van der Waals surface area contributed by atoms with Gasteiger partial charge in [-0.2, -0.15) is 0 Å². The van der Waals surface area contributed by atoms with Gasteiger partial charge in [0.2, 0.25) is 0 Å². The predicted octanol–water partition coefficient (Wildman–Crippen LogP) is 4.66. The van der Waals surface area contributed by atoms with Crippen molar-refractivity contribution in [3.63, 3.8) is 0 Å². The Bertz CT molecular complexity index is 591. The predicted molar refractivity (Wildman–Crippen MR) is 91.9 cm³/mol. The fourth-order valence-electron chi connectivity index (χ4n) is 2.24. The first-order valence-electron chi connectivity index (χ1n) is 7.78. The summed E-state index contributed by atoms with van der Waals surface area (Å²) < 4.78 is 11.2. The van der Waals surface area contributed by atoms with Gasteiger partial charge in [-0.05, 0) is 55.7 Å². The van der Waals surface area contributed by atoms with E-state index in [-0.39, 0.29) is 6.10 Å². The minimum Gasteiger partial charge on any atom is -0.493 e. The molecule has 0 saturated carbocycles. The highest BCUT2D eigenvalue weighted by Gasteiger charge is 2.07. The van der Waals surface area contributed by atoms with Crippen LogP contribution in [0.4, 0.5) is 5.69 Å². The average Bonchev–Trinajstić information content (AvgIpc) is 2.54. The number of hydrogen-bond acceptors (Lipinski definition) is 3. The van der Waals surface area contributed by atoms with Crippen LogP contribution in [0.15, 0.2) is 42.5 Å². The van der Waals surface area contributed by atoms with Gasteiger partial charge in [-0.15, -0.1) is 0 Å². The topological polar surface area (TPSA) is 30.5 Å². The Balaban J connectivity index is 2.02. The molecule has 2 aromatic rings. The minimum absolute atomic E-state index is 0.134. The molecule has 22 heavy (non-hydrogen) atoms. The molecule has 2 aromatic carbocycles. The number of nitrogens with one attached hydrogen (secondary N) is 1. The molecule has 0 aliphatic rings. The van der Waals surface area contributed by atoms with E-state index in [1.54, 1.807) is 7.11 Å². The monoisotopic (exact) mass is 299 g/mol. The molecule has 0 aliphatic carbocycles. The van der Waals surface area contributed by atoms with Gasteiger partial charge >= 0.3 is 0 Å². The molecular weight excluding hydrogens is 274 g/mol. The summed E-state index contributed by atoms with van der Waals surface area (Å²) in [4.78, 5) is 0. The van der Waals surface area contributed by atoms with Crippen molar-refractivity contribution >= 4 is 5.69 Å². The van der Waals surface area contributed by atoms with E-state index in [2.05, 4.69) is 42.6 Å². The Morgan fingerprint density at radius 1 is 0.955 bits per heavy atom. The normalized spacial score (nSPS) is 10.6. The van der Waals surface area contributed by atoms with Crippen LogP contribution in [-0.4, -0.2) is 13.2 Å². The maximum absolute atomic E-state index is 5.73. The van der Waals surface area contributed by atoms with Crippen molar-refractivity contribution in [2.75, 3.05) is 12.4 Å². The Hall–Kier alpha value is -2.16. The number of benzene rings is 2. The fraction of sp³-hybridized carbons (Fsp3) is 0.368. The molecule has 3 nitrogen and oxygen atoms in total.